The van der Waals surface area contributed by atoms with E-state index in [-0.39, 0.29) is 11.9 Å². The third kappa shape index (κ3) is 2.06. The zero-order chi connectivity index (χ0) is 13.5. The zero-order valence-corrected chi connectivity index (χ0v) is 11.0. The van der Waals surface area contributed by atoms with E-state index in [9.17, 15) is 8.78 Å². The van der Waals surface area contributed by atoms with Crippen molar-refractivity contribution < 1.29 is 13.5 Å². The van der Waals surface area contributed by atoms with Crippen LogP contribution in [0, 0.1) is 11.6 Å². The van der Waals surface area contributed by atoms with Crippen molar-refractivity contribution in [3.8, 4) is 0 Å². The van der Waals surface area contributed by atoms with Crippen molar-refractivity contribution in [2.45, 2.75) is 11.5 Å². The molecule has 0 radical (unpaired) electrons. The van der Waals surface area contributed by atoms with Gasteiger partial charge in [0.25, 0.3) is 0 Å². The van der Waals surface area contributed by atoms with Crippen molar-refractivity contribution in [2.24, 2.45) is 0 Å². The molecule has 3 rings (SSSR count). The van der Waals surface area contributed by atoms with E-state index in [1.165, 1.54) is 12.1 Å². The first-order valence-corrected chi connectivity index (χ1v) is 6.58. The lowest BCUT2D eigenvalue weighted by Crippen LogP contribution is -2.66. The van der Waals surface area contributed by atoms with Gasteiger partial charge in [0.15, 0.2) is 0 Å². The van der Waals surface area contributed by atoms with Crippen LogP contribution in [0.5, 0.6) is 0 Å². The molecule has 2 heterocycles. The van der Waals surface area contributed by atoms with E-state index < -0.39 is 11.2 Å². The Kier molecular flexibility index (Phi) is 3.28. The molecule has 1 unspecified atom stereocenters. The average molecular weight is 268 g/mol. The molecule has 2 saturated heterocycles. The molecule has 0 aromatic heterocycles. The van der Waals surface area contributed by atoms with Crippen LogP contribution in [0.25, 0.3) is 0 Å². The zero-order valence-electron chi connectivity index (χ0n) is 11.0. The number of halogens is 2. The summed E-state index contributed by atoms with van der Waals surface area (Å²) in [5.41, 5.74) is 0.00764. The molecule has 19 heavy (non-hydrogen) atoms. The summed E-state index contributed by atoms with van der Waals surface area (Å²) in [5.74, 6) is -0.738. The Balaban J connectivity index is 2.00. The molecule has 1 aromatic rings. The molecule has 1 atom stereocenters. The second kappa shape index (κ2) is 4.81. The topological polar surface area (TPSA) is 24.5 Å². The van der Waals surface area contributed by atoms with E-state index >= 15 is 0 Å². The highest BCUT2D eigenvalue weighted by Gasteiger charge is 2.50. The molecule has 0 spiro atoms. The Hall–Kier alpha value is -1.04. The van der Waals surface area contributed by atoms with E-state index in [1.54, 1.807) is 0 Å². The summed E-state index contributed by atoms with van der Waals surface area (Å²) in [7, 11) is 2.03. The molecule has 0 aliphatic carbocycles. The lowest BCUT2D eigenvalue weighted by molar-refractivity contribution is -0.104. The van der Waals surface area contributed by atoms with Crippen molar-refractivity contribution in [1.82, 2.24) is 10.2 Å². The third-order valence-corrected chi connectivity index (χ3v) is 4.33. The lowest BCUT2D eigenvalue weighted by Gasteiger charge is -2.52. The van der Waals surface area contributed by atoms with Crippen molar-refractivity contribution >= 4 is 0 Å². The van der Waals surface area contributed by atoms with Crippen LogP contribution in [0.3, 0.4) is 0 Å². The molecule has 3 nitrogen and oxygen atoms in total. The van der Waals surface area contributed by atoms with E-state index in [0.717, 1.165) is 25.7 Å². The number of nitrogens with one attached hydrogen (secondary N) is 1. The molecule has 2 fully saturated rings. The van der Waals surface area contributed by atoms with Gasteiger partial charge in [0, 0.05) is 31.2 Å². The normalized spacial score (nSPS) is 27.0. The van der Waals surface area contributed by atoms with Gasteiger partial charge in [-0.25, -0.2) is 8.78 Å². The van der Waals surface area contributed by atoms with E-state index in [0.29, 0.717) is 18.8 Å². The van der Waals surface area contributed by atoms with Gasteiger partial charge in [-0.2, -0.15) is 0 Å². The first-order valence-electron chi connectivity index (χ1n) is 6.58. The highest BCUT2D eigenvalue weighted by atomic mass is 19.1. The molecule has 104 valence electrons. The van der Waals surface area contributed by atoms with Gasteiger partial charge in [0.05, 0.1) is 18.6 Å². The molecular weight excluding hydrogens is 250 g/mol. The number of benzene rings is 1. The minimum atomic E-state index is -0.436. The molecule has 2 aliphatic rings. The molecule has 0 bridgehead atoms. The fraction of sp³-hybridized carbons (Fsp3) is 0.571. The monoisotopic (exact) mass is 268 g/mol. The van der Waals surface area contributed by atoms with Crippen molar-refractivity contribution in [1.29, 1.82) is 0 Å². The van der Waals surface area contributed by atoms with Crippen LogP contribution in [0.15, 0.2) is 18.2 Å². The maximum atomic E-state index is 14.1. The van der Waals surface area contributed by atoms with Crippen LogP contribution in [0.2, 0.25) is 0 Å². The Morgan fingerprint density at radius 3 is 2.79 bits per heavy atom. The molecule has 1 N–H and O–H groups in total. The Labute approximate surface area is 111 Å². The standard InChI is InChI=1S/C14H18F2N2O/c1-18-5-4-17-7-13(18)14(8-19-9-14)11-6-10(15)2-3-12(11)16/h2-3,6,13,17H,4-5,7-9H2,1H3. The van der Waals surface area contributed by atoms with Crippen molar-refractivity contribution in [3.05, 3.63) is 35.4 Å². The minimum absolute atomic E-state index is 0.131. The van der Waals surface area contributed by atoms with Crippen molar-refractivity contribution in [3.63, 3.8) is 0 Å². The molecule has 5 heteroatoms. The second-order valence-corrected chi connectivity index (χ2v) is 5.47. The summed E-state index contributed by atoms with van der Waals surface area (Å²) in [6.45, 7) is 3.50. The van der Waals surface area contributed by atoms with Crippen LogP contribution in [0.4, 0.5) is 8.78 Å². The van der Waals surface area contributed by atoms with Crippen LogP contribution < -0.4 is 5.32 Å². The molecule has 0 saturated carbocycles. The fourth-order valence-corrected chi connectivity index (χ4v) is 3.15. The minimum Gasteiger partial charge on any atom is -0.379 e. The van der Waals surface area contributed by atoms with Crippen LogP contribution in [-0.2, 0) is 10.2 Å². The van der Waals surface area contributed by atoms with Crippen LogP contribution in [0.1, 0.15) is 5.56 Å². The van der Waals surface area contributed by atoms with Gasteiger partial charge in [0.1, 0.15) is 11.6 Å². The third-order valence-electron chi connectivity index (χ3n) is 4.33. The number of nitrogens with zero attached hydrogens (tertiary/aromatic N) is 1. The molecule has 2 aliphatic heterocycles. The highest BCUT2D eigenvalue weighted by molar-refractivity contribution is 5.33. The molecule has 1 aromatic carbocycles. The smallest absolute Gasteiger partial charge is 0.127 e. The number of ether oxygens (including phenoxy) is 1. The quantitative estimate of drug-likeness (QED) is 0.870. The van der Waals surface area contributed by atoms with Gasteiger partial charge in [0.2, 0.25) is 0 Å². The Morgan fingerprint density at radius 1 is 1.37 bits per heavy atom. The Morgan fingerprint density at radius 2 is 2.16 bits per heavy atom. The number of rotatable bonds is 2. The fourth-order valence-electron chi connectivity index (χ4n) is 3.15. The molecular formula is C14H18F2N2O. The van der Waals surface area contributed by atoms with E-state index in [1.807, 2.05) is 7.05 Å². The number of hydrogen-bond donors (Lipinski definition) is 1. The average Bonchev–Trinajstić information content (AvgIpc) is 2.34. The van der Waals surface area contributed by atoms with Gasteiger partial charge >= 0.3 is 0 Å². The summed E-state index contributed by atoms with van der Waals surface area (Å²) >= 11 is 0. The maximum Gasteiger partial charge on any atom is 0.127 e. The predicted octanol–water partition coefficient (Wildman–Crippen LogP) is 1.14. The largest absolute Gasteiger partial charge is 0.379 e. The van der Waals surface area contributed by atoms with Crippen molar-refractivity contribution in [2.75, 3.05) is 39.9 Å². The first-order chi connectivity index (χ1) is 9.13. The lowest BCUT2D eigenvalue weighted by atomic mass is 9.71. The Bertz CT molecular complexity index is 477. The SMILES string of the molecule is CN1CCNCC1C1(c2cc(F)ccc2F)COC1. The maximum absolute atomic E-state index is 14.1. The van der Waals surface area contributed by atoms with Gasteiger partial charge in [-0.15, -0.1) is 0 Å². The summed E-state index contributed by atoms with van der Waals surface area (Å²) in [5, 5.41) is 3.33. The summed E-state index contributed by atoms with van der Waals surface area (Å²) in [6, 6.07) is 3.82. The van der Waals surface area contributed by atoms with Crippen LogP contribution >= 0.6 is 0 Å². The number of hydrogen-bond acceptors (Lipinski definition) is 3. The summed E-state index contributed by atoms with van der Waals surface area (Å²) in [6.07, 6.45) is 0. The predicted molar refractivity (Wildman–Crippen MR) is 68.1 cm³/mol. The molecule has 0 amide bonds. The first kappa shape index (κ1) is 13.0. The number of likely N-dealkylation sites (N-methyl/N-ethyl adjacent to an activating group) is 1. The second-order valence-electron chi connectivity index (χ2n) is 5.47. The van der Waals surface area contributed by atoms with Gasteiger partial charge in [-0.1, -0.05) is 0 Å². The summed E-state index contributed by atoms with van der Waals surface area (Å²) < 4.78 is 32.9. The van der Waals surface area contributed by atoms with E-state index in [2.05, 4.69) is 10.2 Å². The van der Waals surface area contributed by atoms with Crippen LogP contribution in [-0.4, -0.2) is 50.8 Å². The van der Waals surface area contributed by atoms with E-state index in [4.69, 9.17) is 4.74 Å². The van der Waals surface area contributed by atoms with Gasteiger partial charge in [-0.3, -0.25) is 4.90 Å². The highest BCUT2D eigenvalue weighted by Crippen LogP contribution is 2.39. The summed E-state index contributed by atoms with van der Waals surface area (Å²) in [4.78, 5) is 2.21. The van der Waals surface area contributed by atoms with Gasteiger partial charge in [-0.05, 0) is 25.2 Å². The number of piperazine rings is 1. The van der Waals surface area contributed by atoms with Gasteiger partial charge < -0.3 is 10.1 Å².